The Morgan fingerprint density at radius 3 is 2.89 bits per heavy atom. The molecule has 1 heterocycles. The van der Waals surface area contributed by atoms with Gasteiger partial charge < -0.3 is 15.7 Å². The maximum absolute atomic E-state index is 9.11. The third-order valence-electron chi connectivity index (χ3n) is 1.40. The molecular formula is C5H10N2OS. The average molecular weight is 146 g/mol. The molecule has 3 N–H and O–H groups in total. The second-order valence-electron chi connectivity index (χ2n) is 2.28. The zero-order chi connectivity index (χ0) is 6.85. The molecule has 52 valence electrons. The van der Waals surface area contributed by atoms with Gasteiger partial charge in [-0.1, -0.05) is 6.92 Å². The van der Waals surface area contributed by atoms with E-state index in [0.29, 0.717) is 5.11 Å². The number of rotatable bonds is 0. The van der Waals surface area contributed by atoms with Gasteiger partial charge in [-0.25, -0.2) is 0 Å². The van der Waals surface area contributed by atoms with Crippen LogP contribution in [0, 0.1) is 5.92 Å². The standard InChI is InChI=1S/C5H10N2OS/c1-3-2-6-5(9)7-4(3)8/h3-4,8H,2H2,1H3,(H2,6,7,9)/t3-,4-/m0/s1. The highest BCUT2D eigenvalue weighted by molar-refractivity contribution is 7.80. The molecule has 1 rings (SSSR count). The fourth-order valence-corrected chi connectivity index (χ4v) is 0.897. The van der Waals surface area contributed by atoms with Crippen LogP contribution in [0.25, 0.3) is 0 Å². The summed E-state index contributed by atoms with van der Waals surface area (Å²) in [6.45, 7) is 2.71. The summed E-state index contributed by atoms with van der Waals surface area (Å²) in [5.74, 6) is 0.233. The van der Waals surface area contributed by atoms with Gasteiger partial charge in [-0.05, 0) is 12.2 Å². The van der Waals surface area contributed by atoms with E-state index in [1.54, 1.807) is 0 Å². The summed E-state index contributed by atoms with van der Waals surface area (Å²) in [4.78, 5) is 0. The van der Waals surface area contributed by atoms with Gasteiger partial charge in [-0.2, -0.15) is 0 Å². The minimum Gasteiger partial charge on any atom is -0.373 e. The lowest BCUT2D eigenvalue weighted by atomic mass is 10.1. The molecule has 0 unspecified atom stereocenters. The van der Waals surface area contributed by atoms with Crippen LogP contribution in [0.15, 0.2) is 0 Å². The Kier molecular flexibility index (Phi) is 1.87. The van der Waals surface area contributed by atoms with Gasteiger partial charge in [0.05, 0.1) is 0 Å². The maximum Gasteiger partial charge on any atom is 0.168 e. The van der Waals surface area contributed by atoms with Crippen molar-refractivity contribution >= 4 is 17.3 Å². The minimum absolute atomic E-state index is 0.233. The molecule has 0 aliphatic carbocycles. The molecule has 4 heteroatoms. The molecule has 1 fully saturated rings. The Hall–Kier alpha value is -0.350. The van der Waals surface area contributed by atoms with Crippen molar-refractivity contribution in [2.75, 3.05) is 6.54 Å². The zero-order valence-electron chi connectivity index (χ0n) is 5.22. The highest BCUT2D eigenvalue weighted by atomic mass is 32.1. The lowest BCUT2D eigenvalue weighted by Crippen LogP contribution is -2.53. The second-order valence-corrected chi connectivity index (χ2v) is 2.68. The Bertz CT molecular complexity index is 128. The number of hydrogen-bond acceptors (Lipinski definition) is 2. The SMILES string of the molecule is C[C@H]1CNC(=S)N[C@H]1O. The third-order valence-corrected chi connectivity index (χ3v) is 1.66. The molecule has 0 spiro atoms. The van der Waals surface area contributed by atoms with Gasteiger partial charge in [0.2, 0.25) is 0 Å². The first-order valence-electron chi connectivity index (χ1n) is 2.92. The molecule has 2 atom stereocenters. The van der Waals surface area contributed by atoms with E-state index in [-0.39, 0.29) is 5.92 Å². The van der Waals surface area contributed by atoms with E-state index in [0.717, 1.165) is 6.54 Å². The molecular weight excluding hydrogens is 136 g/mol. The fraction of sp³-hybridized carbons (Fsp3) is 0.800. The molecule has 0 aromatic rings. The third kappa shape index (κ3) is 1.53. The fourth-order valence-electron chi connectivity index (χ4n) is 0.693. The molecule has 0 radical (unpaired) electrons. The lowest BCUT2D eigenvalue weighted by Gasteiger charge is -2.27. The lowest BCUT2D eigenvalue weighted by molar-refractivity contribution is 0.0941. The first-order valence-corrected chi connectivity index (χ1v) is 3.33. The van der Waals surface area contributed by atoms with Gasteiger partial charge in [0.15, 0.2) is 5.11 Å². The van der Waals surface area contributed by atoms with Crippen molar-refractivity contribution in [2.45, 2.75) is 13.2 Å². The summed E-state index contributed by atoms with van der Waals surface area (Å²) in [7, 11) is 0. The van der Waals surface area contributed by atoms with Gasteiger partial charge >= 0.3 is 0 Å². The van der Waals surface area contributed by atoms with E-state index in [1.165, 1.54) is 0 Å². The van der Waals surface area contributed by atoms with Crippen LogP contribution < -0.4 is 10.6 Å². The first kappa shape index (κ1) is 6.77. The van der Waals surface area contributed by atoms with Crippen molar-refractivity contribution in [3.63, 3.8) is 0 Å². The smallest absolute Gasteiger partial charge is 0.168 e. The van der Waals surface area contributed by atoms with Crippen LogP contribution in [0.5, 0.6) is 0 Å². The molecule has 0 aromatic heterocycles. The van der Waals surface area contributed by atoms with Gasteiger partial charge in [0.1, 0.15) is 6.23 Å². The number of aliphatic hydroxyl groups excluding tert-OH is 1. The Balaban J connectivity index is 2.44. The molecule has 1 aliphatic rings. The van der Waals surface area contributed by atoms with E-state index < -0.39 is 6.23 Å². The van der Waals surface area contributed by atoms with E-state index in [2.05, 4.69) is 10.6 Å². The molecule has 1 saturated heterocycles. The summed E-state index contributed by atoms with van der Waals surface area (Å²) in [5, 5.41) is 15.3. The van der Waals surface area contributed by atoms with Crippen molar-refractivity contribution in [3.8, 4) is 0 Å². The monoisotopic (exact) mass is 146 g/mol. The highest BCUT2D eigenvalue weighted by Crippen LogP contribution is 2.01. The average Bonchev–Trinajstić information content (AvgIpc) is 1.80. The Labute approximate surface area is 59.4 Å². The Morgan fingerprint density at radius 2 is 2.44 bits per heavy atom. The van der Waals surface area contributed by atoms with Crippen molar-refractivity contribution in [1.29, 1.82) is 0 Å². The van der Waals surface area contributed by atoms with Crippen molar-refractivity contribution < 1.29 is 5.11 Å². The van der Waals surface area contributed by atoms with Crippen LogP contribution in [-0.2, 0) is 0 Å². The van der Waals surface area contributed by atoms with Crippen LogP contribution in [0.1, 0.15) is 6.92 Å². The van der Waals surface area contributed by atoms with Gasteiger partial charge in [0, 0.05) is 12.5 Å². The van der Waals surface area contributed by atoms with Crippen LogP contribution in [0.4, 0.5) is 0 Å². The maximum atomic E-state index is 9.11. The molecule has 0 amide bonds. The molecule has 9 heavy (non-hydrogen) atoms. The zero-order valence-corrected chi connectivity index (χ0v) is 6.03. The number of nitrogens with one attached hydrogen (secondary N) is 2. The first-order chi connectivity index (χ1) is 4.20. The van der Waals surface area contributed by atoms with E-state index in [9.17, 15) is 0 Å². The molecule has 0 aromatic carbocycles. The largest absolute Gasteiger partial charge is 0.373 e. The number of hydrogen-bond donors (Lipinski definition) is 3. The molecule has 3 nitrogen and oxygen atoms in total. The predicted molar refractivity (Wildman–Crippen MR) is 38.9 cm³/mol. The summed E-state index contributed by atoms with van der Waals surface area (Å²) in [6.07, 6.45) is -0.473. The summed E-state index contributed by atoms with van der Waals surface area (Å²) in [6, 6.07) is 0. The van der Waals surface area contributed by atoms with E-state index in [1.807, 2.05) is 6.92 Å². The van der Waals surface area contributed by atoms with Gasteiger partial charge in [-0.15, -0.1) is 0 Å². The summed E-state index contributed by atoms with van der Waals surface area (Å²) in [5.41, 5.74) is 0. The van der Waals surface area contributed by atoms with Crippen molar-refractivity contribution in [3.05, 3.63) is 0 Å². The predicted octanol–water partition coefficient (Wildman–Crippen LogP) is -0.581. The van der Waals surface area contributed by atoms with E-state index in [4.69, 9.17) is 17.3 Å². The van der Waals surface area contributed by atoms with Crippen LogP contribution in [0.3, 0.4) is 0 Å². The number of aliphatic hydroxyl groups is 1. The van der Waals surface area contributed by atoms with Crippen molar-refractivity contribution in [2.24, 2.45) is 5.92 Å². The normalized spacial score (nSPS) is 35.1. The Morgan fingerprint density at radius 1 is 1.78 bits per heavy atom. The van der Waals surface area contributed by atoms with Crippen LogP contribution >= 0.6 is 12.2 Å². The molecule has 1 aliphatic heterocycles. The quantitative estimate of drug-likeness (QED) is 0.400. The van der Waals surface area contributed by atoms with Crippen molar-refractivity contribution in [1.82, 2.24) is 10.6 Å². The van der Waals surface area contributed by atoms with Crippen LogP contribution in [0.2, 0.25) is 0 Å². The summed E-state index contributed by atoms with van der Waals surface area (Å²) >= 11 is 4.75. The van der Waals surface area contributed by atoms with Crippen LogP contribution in [-0.4, -0.2) is 23.0 Å². The second kappa shape index (κ2) is 2.49. The topological polar surface area (TPSA) is 44.3 Å². The molecule has 0 saturated carbocycles. The van der Waals surface area contributed by atoms with Gasteiger partial charge in [0.25, 0.3) is 0 Å². The van der Waals surface area contributed by atoms with E-state index >= 15 is 0 Å². The number of thiocarbonyl (C=S) groups is 1. The summed E-state index contributed by atoms with van der Waals surface area (Å²) < 4.78 is 0. The molecule has 0 bridgehead atoms. The van der Waals surface area contributed by atoms with Gasteiger partial charge in [-0.3, -0.25) is 0 Å². The minimum atomic E-state index is -0.473. The highest BCUT2D eigenvalue weighted by Gasteiger charge is 2.19.